The Bertz CT molecular complexity index is 823. The first-order valence-corrected chi connectivity index (χ1v) is 10.0. The van der Waals surface area contributed by atoms with Crippen molar-refractivity contribution in [2.45, 2.75) is 32.3 Å². The van der Waals surface area contributed by atoms with Crippen molar-refractivity contribution in [2.75, 3.05) is 33.9 Å². The van der Waals surface area contributed by atoms with Crippen LogP contribution in [0.15, 0.2) is 54.6 Å². The summed E-state index contributed by atoms with van der Waals surface area (Å²) < 4.78 is 16.1. The number of benzene rings is 2. The van der Waals surface area contributed by atoms with Crippen LogP contribution in [0.25, 0.3) is 0 Å². The van der Waals surface area contributed by atoms with E-state index in [4.69, 9.17) is 14.2 Å². The quantitative estimate of drug-likeness (QED) is 0.433. The number of ether oxygens (including phenoxy) is 3. The van der Waals surface area contributed by atoms with E-state index in [-0.39, 0.29) is 25.3 Å². The molecule has 1 atom stereocenters. The van der Waals surface area contributed by atoms with Gasteiger partial charge in [-0.25, -0.2) is 4.79 Å². The number of carbonyl (C=O) groups excluding carboxylic acids is 2. The molecule has 0 saturated carbocycles. The maximum Gasteiger partial charge on any atom is 0.409 e. The minimum Gasteiger partial charge on any atom is -0.468 e. The Balaban J connectivity index is 1.78. The molecule has 0 aliphatic heterocycles. The molecule has 6 heteroatoms. The van der Waals surface area contributed by atoms with E-state index in [2.05, 4.69) is 0 Å². The Morgan fingerprint density at radius 3 is 2.47 bits per heavy atom. The third kappa shape index (κ3) is 6.59. The number of rotatable bonds is 10. The first-order chi connectivity index (χ1) is 14.4. The summed E-state index contributed by atoms with van der Waals surface area (Å²) in [6.07, 6.45) is 0.250. The van der Waals surface area contributed by atoms with Crippen molar-refractivity contribution < 1.29 is 23.8 Å². The monoisotopic (exact) mass is 413 g/mol. The third-order valence-electron chi connectivity index (χ3n) is 4.98. The fourth-order valence-corrected chi connectivity index (χ4v) is 3.07. The highest BCUT2D eigenvalue weighted by atomic mass is 16.6. The molecule has 30 heavy (non-hydrogen) atoms. The number of carbonyl (C=O) groups is 2. The predicted octanol–water partition coefficient (Wildman–Crippen LogP) is 4.10. The lowest BCUT2D eigenvalue weighted by Crippen LogP contribution is -2.39. The molecular weight excluding hydrogens is 382 g/mol. The lowest BCUT2D eigenvalue weighted by molar-refractivity contribution is -0.149. The zero-order valence-electron chi connectivity index (χ0n) is 18.2. The van der Waals surface area contributed by atoms with Gasteiger partial charge in [-0.05, 0) is 31.4 Å². The zero-order valence-corrected chi connectivity index (χ0v) is 18.2. The molecule has 0 fully saturated rings. The molecule has 162 valence electrons. The Morgan fingerprint density at radius 2 is 1.80 bits per heavy atom. The van der Waals surface area contributed by atoms with Crippen molar-refractivity contribution in [1.29, 1.82) is 0 Å². The van der Waals surface area contributed by atoms with Gasteiger partial charge in [0.25, 0.3) is 0 Å². The van der Waals surface area contributed by atoms with Gasteiger partial charge < -0.3 is 19.1 Å². The average molecular weight is 414 g/mol. The molecule has 0 aliphatic carbocycles. The summed E-state index contributed by atoms with van der Waals surface area (Å²) in [5.41, 5.74) is 1.98. The summed E-state index contributed by atoms with van der Waals surface area (Å²) in [5.74, 6) is -0.338. The number of hydrogen-bond donors (Lipinski definition) is 0. The van der Waals surface area contributed by atoms with E-state index in [0.29, 0.717) is 19.6 Å². The van der Waals surface area contributed by atoms with Crippen molar-refractivity contribution in [3.05, 3.63) is 71.3 Å². The summed E-state index contributed by atoms with van der Waals surface area (Å²) in [6.45, 7) is 5.15. The van der Waals surface area contributed by atoms with Gasteiger partial charge in [0.1, 0.15) is 12.0 Å². The lowest BCUT2D eigenvalue weighted by Gasteiger charge is -2.27. The van der Waals surface area contributed by atoms with Crippen LogP contribution in [0.2, 0.25) is 0 Å². The van der Waals surface area contributed by atoms with Gasteiger partial charge in [0.15, 0.2) is 0 Å². The Labute approximate surface area is 178 Å². The van der Waals surface area contributed by atoms with Crippen LogP contribution in [0.5, 0.6) is 0 Å². The Morgan fingerprint density at radius 1 is 1.07 bits per heavy atom. The van der Waals surface area contributed by atoms with Crippen LogP contribution < -0.4 is 0 Å². The van der Waals surface area contributed by atoms with E-state index < -0.39 is 5.41 Å². The molecule has 6 nitrogen and oxygen atoms in total. The molecule has 2 aromatic carbocycles. The minimum atomic E-state index is -0.888. The number of hydrogen-bond acceptors (Lipinski definition) is 5. The van der Waals surface area contributed by atoms with Gasteiger partial charge in [0.05, 0.1) is 13.7 Å². The second-order valence-electron chi connectivity index (χ2n) is 7.56. The maximum absolute atomic E-state index is 12.4. The van der Waals surface area contributed by atoms with Gasteiger partial charge >= 0.3 is 12.1 Å². The van der Waals surface area contributed by atoms with Crippen LogP contribution in [-0.4, -0.2) is 50.9 Å². The van der Waals surface area contributed by atoms with Crippen LogP contribution >= 0.6 is 0 Å². The molecule has 0 bridgehead atoms. The van der Waals surface area contributed by atoms with E-state index in [1.165, 1.54) is 12.0 Å². The van der Waals surface area contributed by atoms with E-state index in [1.54, 1.807) is 7.05 Å². The van der Waals surface area contributed by atoms with E-state index >= 15 is 0 Å². The van der Waals surface area contributed by atoms with E-state index in [9.17, 15) is 9.59 Å². The van der Waals surface area contributed by atoms with Gasteiger partial charge in [-0.15, -0.1) is 0 Å². The van der Waals surface area contributed by atoms with Crippen LogP contribution in [0.3, 0.4) is 0 Å². The number of methoxy groups -OCH3 is 1. The predicted molar refractivity (Wildman–Crippen MR) is 115 cm³/mol. The van der Waals surface area contributed by atoms with Crippen LogP contribution in [-0.2, 0) is 31.0 Å². The molecule has 0 radical (unpaired) electrons. The number of nitrogens with zero attached hydrogens (tertiary/aromatic N) is 1. The Kier molecular flexibility index (Phi) is 8.87. The van der Waals surface area contributed by atoms with Crippen molar-refractivity contribution in [2.24, 2.45) is 0 Å². The largest absolute Gasteiger partial charge is 0.468 e. The Hall–Kier alpha value is -2.86. The van der Waals surface area contributed by atoms with E-state index in [0.717, 1.165) is 16.7 Å². The second kappa shape index (κ2) is 11.4. The molecule has 2 rings (SSSR count). The number of amides is 1. The van der Waals surface area contributed by atoms with Gasteiger partial charge in [-0.3, -0.25) is 4.79 Å². The minimum absolute atomic E-state index is 0.200. The van der Waals surface area contributed by atoms with Gasteiger partial charge in [-0.2, -0.15) is 0 Å². The SMILES string of the molecule is COC(=O)C(C)(COCCCN(C)C(=O)OCc1ccccc1)c1cccc(C)c1. The first kappa shape index (κ1) is 23.4. The highest BCUT2D eigenvalue weighted by Crippen LogP contribution is 2.26. The highest BCUT2D eigenvalue weighted by Gasteiger charge is 2.37. The smallest absolute Gasteiger partial charge is 0.409 e. The fraction of sp³-hybridized carbons (Fsp3) is 0.417. The van der Waals surface area contributed by atoms with E-state index in [1.807, 2.05) is 68.4 Å². The molecule has 1 amide bonds. The molecule has 0 saturated heterocycles. The molecule has 0 heterocycles. The lowest BCUT2D eigenvalue weighted by atomic mass is 9.82. The molecule has 0 N–H and O–H groups in total. The highest BCUT2D eigenvalue weighted by molar-refractivity contribution is 5.83. The van der Waals surface area contributed by atoms with Crippen molar-refractivity contribution in [3.63, 3.8) is 0 Å². The second-order valence-corrected chi connectivity index (χ2v) is 7.56. The topological polar surface area (TPSA) is 65.1 Å². The van der Waals surface area contributed by atoms with Crippen LogP contribution in [0.1, 0.15) is 30.0 Å². The summed E-state index contributed by atoms with van der Waals surface area (Å²) in [4.78, 5) is 26.0. The van der Waals surface area contributed by atoms with Gasteiger partial charge in [-0.1, -0.05) is 60.2 Å². The molecule has 2 aromatic rings. The number of esters is 1. The van der Waals surface area contributed by atoms with Crippen molar-refractivity contribution >= 4 is 12.1 Å². The summed E-state index contributed by atoms with van der Waals surface area (Å²) in [6, 6.07) is 17.3. The summed E-state index contributed by atoms with van der Waals surface area (Å²) in [7, 11) is 3.07. The normalized spacial score (nSPS) is 12.7. The van der Waals surface area contributed by atoms with Crippen molar-refractivity contribution in [1.82, 2.24) is 4.90 Å². The molecule has 0 aliphatic rings. The molecular formula is C24H31NO5. The summed E-state index contributed by atoms with van der Waals surface area (Å²) in [5, 5.41) is 0. The van der Waals surface area contributed by atoms with Crippen LogP contribution in [0.4, 0.5) is 4.79 Å². The maximum atomic E-state index is 12.4. The molecule has 0 aromatic heterocycles. The van der Waals surface area contributed by atoms with Crippen LogP contribution in [0, 0.1) is 6.92 Å². The number of aryl methyl sites for hydroxylation is 1. The first-order valence-electron chi connectivity index (χ1n) is 10.0. The average Bonchev–Trinajstić information content (AvgIpc) is 2.76. The molecule has 1 unspecified atom stereocenters. The standard InChI is InChI=1S/C24H31NO5/c1-19-10-8-13-21(16-19)24(2,22(26)28-4)18-29-15-9-14-25(3)23(27)30-17-20-11-6-5-7-12-20/h5-8,10-13,16H,9,14-15,17-18H2,1-4H3. The fourth-order valence-electron chi connectivity index (χ4n) is 3.07. The van der Waals surface area contributed by atoms with Gasteiger partial charge in [0, 0.05) is 20.2 Å². The zero-order chi connectivity index (χ0) is 22.0. The molecule has 0 spiro atoms. The van der Waals surface area contributed by atoms with Crippen molar-refractivity contribution in [3.8, 4) is 0 Å². The summed E-state index contributed by atoms with van der Waals surface area (Å²) >= 11 is 0. The van der Waals surface area contributed by atoms with Gasteiger partial charge in [0.2, 0.25) is 0 Å². The third-order valence-corrected chi connectivity index (χ3v) is 4.98.